The molecule has 14 nitrogen and oxygen atoms in total. The lowest BCUT2D eigenvalue weighted by Crippen LogP contribution is -2.32. The summed E-state index contributed by atoms with van der Waals surface area (Å²) in [5.74, 6) is -2.07. The van der Waals surface area contributed by atoms with Gasteiger partial charge in [0, 0.05) is 0 Å². The van der Waals surface area contributed by atoms with Crippen LogP contribution in [0, 0.1) is 0 Å². The average Bonchev–Trinajstić information content (AvgIpc) is 3.22. The summed E-state index contributed by atoms with van der Waals surface area (Å²) >= 11 is 0. The lowest BCUT2D eigenvalue weighted by atomic mass is 10.1. The van der Waals surface area contributed by atoms with Gasteiger partial charge in [-0.3, -0.25) is 13.7 Å². The Balaban J connectivity index is 1.59. The van der Waals surface area contributed by atoms with Gasteiger partial charge in [0.05, 0.1) is 12.9 Å². The molecule has 2 aromatic rings. The second-order valence-corrected chi connectivity index (χ2v) is 11.4. The summed E-state index contributed by atoms with van der Waals surface area (Å²) in [5, 5.41) is 0. The smallest absolute Gasteiger partial charge is 0.340 e. The summed E-state index contributed by atoms with van der Waals surface area (Å²) in [6.45, 7) is 2.96. The van der Waals surface area contributed by atoms with Crippen LogP contribution >= 0.6 is 15.2 Å². The first-order valence-electron chi connectivity index (χ1n) is 8.80. The highest BCUT2D eigenvalue weighted by molar-refractivity contribution is 7.70. The fourth-order valence-electron chi connectivity index (χ4n) is 3.54. The molecule has 5 N–H and O–H groups in total. The van der Waals surface area contributed by atoms with Gasteiger partial charge in [-0.1, -0.05) is 0 Å². The van der Waals surface area contributed by atoms with Crippen molar-refractivity contribution in [1.29, 1.82) is 0 Å². The fourth-order valence-corrected chi connectivity index (χ4v) is 6.11. The van der Waals surface area contributed by atoms with E-state index in [0.29, 0.717) is 11.2 Å². The van der Waals surface area contributed by atoms with Gasteiger partial charge in [0.1, 0.15) is 30.2 Å². The van der Waals surface area contributed by atoms with E-state index in [4.69, 9.17) is 34.3 Å². The lowest BCUT2D eigenvalue weighted by molar-refractivity contribution is -0.199. The maximum absolute atomic E-state index is 12.0. The lowest BCUT2D eigenvalue weighted by Gasteiger charge is -2.25. The van der Waals surface area contributed by atoms with Crippen LogP contribution < -0.4 is 5.73 Å². The quantitative estimate of drug-likeness (QED) is 0.421. The fraction of sp³-hybridized carbons (Fsp3) is 0.643. The van der Waals surface area contributed by atoms with Crippen molar-refractivity contribution >= 4 is 32.2 Å². The third kappa shape index (κ3) is 4.28. The van der Waals surface area contributed by atoms with E-state index in [-0.39, 0.29) is 5.82 Å². The molecule has 0 amide bonds. The van der Waals surface area contributed by atoms with E-state index in [0.717, 1.165) is 0 Å². The predicted molar refractivity (Wildman–Crippen MR) is 100 cm³/mol. The second kappa shape index (κ2) is 7.30. The first-order chi connectivity index (χ1) is 13.9. The molecule has 0 aliphatic carbocycles. The summed E-state index contributed by atoms with van der Waals surface area (Å²) < 4.78 is 47.3. The van der Waals surface area contributed by atoms with Crippen molar-refractivity contribution < 1.29 is 42.5 Å². The minimum atomic E-state index is -4.75. The van der Waals surface area contributed by atoms with Crippen LogP contribution in [-0.2, 0) is 27.9 Å². The summed E-state index contributed by atoms with van der Waals surface area (Å²) in [4.78, 5) is 39.9. The van der Waals surface area contributed by atoms with Gasteiger partial charge >= 0.3 is 15.2 Å². The highest BCUT2D eigenvalue weighted by atomic mass is 31.2. The van der Waals surface area contributed by atoms with E-state index in [1.54, 1.807) is 18.4 Å². The number of nitrogen functional groups attached to an aromatic ring is 1. The first kappa shape index (κ1) is 21.8. The first-order valence-corrected chi connectivity index (χ1v) is 12.4. The summed E-state index contributed by atoms with van der Waals surface area (Å²) in [6.07, 6.45) is -0.220. The van der Waals surface area contributed by atoms with Crippen LogP contribution in [0.25, 0.3) is 11.2 Å². The van der Waals surface area contributed by atoms with E-state index in [9.17, 15) is 14.0 Å². The van der Waals surface area contributed by atoms with E-state index in [1.165, 1.54) is 12.7 Å². The predicted octanol–water partition coefficient (Wildman–Crippen LogP) is 0.163. The number of ether oxygens (including phenoxy) is 3. The zero-order chi connectivity index (χ0) is 21.9. The van der Waals surface area contributed by atoms with Crippen LogP contribution in [0.4, 0.5) is 5.82 Å². The van der Waals surface area contributed by atoms with Gasteiger partial charge in [-0.15, -0.1) is 0 Å². The number of hydrogen-bond donors (Lipinski definition) is 4. The third-order valence-electron chi connectivity index (χ3n) is 4.59. The molecule has 2 fully saturated rings. The van der Waals surface area contributed by atoms with Gasteiger partial charge in [-0.05, 0) is 13.8 Å². The third-order valence-corrected chi connectivity index (χ3v) is 8.05. The molecule has 166 valence electrons. The van der Waals surface area contributed by atoms with Crippen LogP contribution in [-0.4, -0.2) is 70.8 Å². The van der Waals surface area contributed by atoms with Gasteiger partial charge in [0.2, 0.25) is 0 Å². The van der Waals surface area contributed by atoms with Crippen molar-refractivity contribution in [3.8, 4) is 0 Å². The average molecular weight is 465 g/mol. The van der Waals surface area contributed by atoms with Crippen LogP contribution in [0.15, 0.2) is 12.7 Å². The molecule has 0 spiro atoms. The van der Waals surface area contributed by atoms with E-state index in [1.807, 2.05) is 0 Å². The van der Waals surface area contributed by atoms with Crippen molar-refractivity contribution in [1.82, 2.24) is 19.5 Å². The molecule has 2 aliphatic heterocycles. The van der Waals surface area contributed by atoms with Gasteiger partial charge < -0.3 is 39.1 Å². The normalized spacial score (nSPS) is 30.4. The van der Waals surface area contributed by atoms with Crippen molar-refractivity contribution in [3.63, 3.8) is 0 Å². The molecule has 1 unspecified atom stereocenters. The monoisotopic (exact) mass is 465 g/mol. The highest BCUT2D eigenvalue weighted by Gasteiger charge is 2.56. The standard InChI is InChI=1S/C14H21N5O9P2/c1-14(2)27-9-7(3-25-30(23,24)6-29(20,21)22)26-13(10(9)28-14)19-5-18-8-11(15)16-4-17-12(8)19/h4-5,7,9-10,13H,3,6H2,1-2H3,(H,23,24)(H2,15,16,17)(H2,20,21,22)/t7-,9-,10-,13-/m1/s1. The minimum Gasteiger partial charge on any atom is -0.382 e. The Kier molecular flexibility index (Phi) is 5.29. The number of fused-ring (bicyclic) bond motifs is 2. The molecular formula is C14H21N5O9P2. The molecule has 0 radical (unpaired) electrons. The number of rotatable bonds is 6. The Hall–Kier alpha value is -1.47. The minimum absolute atomic E-state index is 0.191. The van der Waals surface area contributed by atoms with Gasteiger partial charge in [0.15, 0.2) is 29.4 Å². The summed E-state index contributed by atoms with van der Waals surface area (Å²) in [6, 6.07) is 0. The van der Waals surface area contributed by atoms with E-state index >= 15 is 0 Å². The van der Waals surface area contributed by atoms with Crippen molar-refractivity contribution in [3.05, 3.63) is 12.7 Å². The summed E-state index contributed by atoms with van der Waals surface area (Å²) in [7, 11) is -9.30. The van der Waals surface area contributed by atoms with Crippen LogP contribution in [0.3, 0.4) is 0 Å². The Morgan fingerprint density at radius 3 is 2.60 bits per heavy atom. The Labute approximate surface area is 170 Å². The Morgan fingerprint density at radius 1 is 1.20 bits per heavy atom. The van der Waals surface area contributed by atoms with Crippen LogP contribution in [0.5, 0.6) is 0 Å². The molecule has 4 heterocycles. The maximum Gasteiger partial charge on any atom is 0.340 e. The number of anilines is 1. The second-order valence-electron chi connectivity index (χ2n) is 7.45. The van der Waals surface area contributed by atoms with Crippen molar-refractivity contribution in [2.45, 2.75) is 44.2 Å². The topological polar surface area (TPSA) is 201 Å². The SMILES string of the molecule is CC1(C)O[C@@H]2[C@H](O1)[C@@H](COP(=O)(O)CP(=O)(O)O)O[C@H]2n1cnc2c(N)ncnc21. The van der Waals surface area contributed by atoms with Crippen LogP contribution in [0.2, 0.25) is 0 Å². The molecule has 30 heavy (non-hydrogen) atoms. The molecule has 16 heteroatoms. The number of nitrogens with two attached hydrogens (primary N) is 1. The van der Waals surface area contributed by atoms with Gasteiger partial charge in [-0.2, -0.15) is 0 Å². The molecule has 4 rings (SSSR count). The van der Waals surface area contributed by atoms with Crippen molar-refractivity contribution in [2.75, 3.05) is 18.2 Å². The van der Waals surface area contributed by atoms with Crippen LogP contribution in [0.1, 0.15) is 20.1 Å². The number of imidazole rings is 1. The zero-order valence-electron chi connectivity index (χ0n) is 15.9. The molecular weight excluding hydrogens is 444 g/mol. The van der Waals surface area contributed by atoms with Gasteiger partial charge in [-0.25, -0.2) is 15.0 Å². The zero-order valence-corrected chi connectivity index (χ0v) is 17.7. The molecule has 2 aliphatic rings. The Bertz CT molecular complexity index is 1060. The Morgan fingerprint density at radius 2 is 1.90 bits per heavy atom. The number of aromatic nitrogens is 4. The highest BCUT2D eigenvalue weighted by Crippen LogP contribution is 2.56. The molecule has 0 bridgehead atoms. The molecule has 2 aromatic heterocycles. The molecule has 5 atom stereocenters. The summed E-state index contributed by atoms with van der Waals surface area (Å²) in [5.41, 5.74) is 6.60. The van der Waals surface area contributed by atoms with E-state index in [2.05, 4.69) is 15.0 Å². The molecule has 2 saturated heterocycles. The van der Waals surface area contributed by atoms with Crippen molar-refractivity contribution in [2.24, 2.45) is 0 Å². The maximum atomic E-state index is 12.0. The molecule has 0 saturated carbocycles. The molecule has 0 aromatic carbocycles. The number of hydrogen-bond acceptors (Lipinski definition) is 10. The largest absolute Gasteiger partial charge is 0.382 e. The number of nitrogens with zero attached hydrogens (tertiary/aromatic N) is 4. The van der Waals surface area contributed by atoms with E-state index < -0.39 is 58.0 Å². The van der Waals surface area contributed by atoms with Gasteiger partial charge in [0.25, 0.3) is 0 Å².